The molecule has 2 rings (SSSR count). The van der Waals surface area contributed by atoms with Crippen LogP contribution in [0.1, 0.15) is 40.7 Å². The minimum atomic E-state index is -0.187. The number of hydrogen-bond acceptors (Lipinski definition) is 3. The zero-order valence-electron chi connectivity index (χ0n) is 12.4. The molecule has 1 aromatic carbocycles. The van der Waals surface area contributed by atoms with E-state index in [4.69, 9.17) is 4.74 Å². The lowest BCUT2D eigenvalue weighted by Crippen LogP contribution is -2.33. The lowest BCUT2D eigenvalue weighted by Gasteiger charge is -2.26. The molecule has 0 radical (unpaired) electrons. The fraction of sp³-hybridized carbons (Fsp3) is 0.562. The Balaban J connectivity index is 0.00000200. The summed E-state index contributed by atoms with van der Waals surface area (Å²) in [4.78, 5) is 14.5. The molecule has 20 heavy (non-hydrogen) atoms. The van der Waals surface area contributed by atoms with E-state index < -0.39 is 0 Å². The van der Waals surface area contributed by atoms with Crippen LogP contribution in [0.5, 0.6) is 0 Å². The summed E-state index contributed by atoms with van der Waals surface area (Å²) in [7, 11) is 0. The number of piperidine rings is 1. The van der Waals surface area contributed by atoms with Crippen molar-refractivity contribution in [2.75, 3.05) is 26.2 Å². The van der Waals surface area contributed by atoms with E-state index in [9.17, 15) is 4.79 Å². The van der Waals surface area contributed by atoms with Gasteiger partial charge in [-0.2, -0.15) is 0 Å². The van der Waals surface area contributed by atoms with Gasteiger partial charge in [-0.1, -0.05) is 24.6 Å². The Labute approximate surface area is 127 Å². The van der Waals surface area contributed by atoms with Crippen LogP contribution in [0.25, 0.3) is 0 Å². The Morgan fingerprint density at radius 2 is 1.75 bits per heavy atom. The molecular formula is C16H24ClNO2. The summed E-state index contributed by atoms with van der Waals surface area (Å²) in [5.41, 5.74) is 2.70. The van der Waals surface area contributed by atoms with Gasteiger partial charge in [0.2, 0.25) is 0 Å². The van der Waals surface area contributed by atoms with Crippen molar-refractivity contribution in [1.29, 1.82) is 0 Å². The van der Waals surface area contributed by atoms with Gasteiger partial charge < -0.3 is 4.74 Å². The van der Waals surface area contributed by atoms with Crippen LogP contribution < -0.4 is 0 Å². The molecule has 3 nitrogen and oxygen atoms in total. The zero-order chi connectivity index (χ0) is 13.7. The molecule has 112 valence electrons. The van der Waals surface area contributed by atoms with Gasteiger partial charge in [0.05, 0.1) is 5.56 Å². The Hall–Kier alpha value is -1.06. The number of carbonyl (C=O) groups is 1. The Bertz CT molecular complexity index is 422. The van der Waals surface area contributed by atoms with Crippen molar-refractivity contribution in [3.63, 3.8) is 0 Å². The topological polar surface area (TPSA) is 29.5 Å². The van der Waals surface area contributed by atoms with Gasteiger partial charge in [0.25, 0.3) is 0 Å². The Morgan fingerprint density at radius 3 is 2.35 bits per heavy atom. The second-order valence-electron chi connectivity index (χ2n) is 5.31. The molecule has 1 aromatic rings. The monoisotopic (exact) mass is 297 g/mol. The van der Waals surface area contributed by atoms with Crippen molar-refractivity contribution < 1.29 is 9.53 Å². The molecule has 4 heteroatoms. The van der Waals surface area contributed by atoms with Crippen molar-refractivity contribution >= 4 is 18.4 Å². The highest BCUT2D eigenvalue weighted by Gasteiger charge is 2.14. The van der Waals surface area contributed by atoms with Crippen LogP contribution in [0, 0.1) is 13.8 Å². The minimum Gasteiger partial charge on any atom is -0.461 e. The summed E-state index contributed by atoms with van der Waals surface area (Å²) in [6, 6.07) is 5.87. The standard InChI is InChI=1S/C16H23NO2.ClH/c1-13-7-6-8-14(2)15(13)16(18)19-12-11-17-9-4-3-5-10-17;/h6-8H,3-5,9-12H2,1-2H3;1H. The van der Waals surface area contributed by atoms with Crippen LogP contribution in [0.3, 0.4) is 0 Å². The quantitative estimate of drug-likeness (QED) is 0.798. The maximum atomic E-state index is 12.1. The van der Waals surface area contributed by atoms with Gasteiger partial charge in [0, 0.05) is 6.54 Å². The molecule has 1 aliphatic heterocycles. The van der Waals surface area contributed by atoms with Crippen molar-refractivity contribution in [3.05, 3.63) is 34.9 Å². The van der Waals surface area contributed by atoms with E-state index in [1.54, 1.807) is 0 Å². The van der Waals surface area contributed by atoms with Crippen molar-refractivity contribution in [1.82, 2.24) is 4.90 Å². The summed E-state index contributed by atoms with van der Waals surface area (Å²) < 4.78 is 5.41. The summed E-state index contributed by atoms with van der Waals surface area (Å²) in [5.74, 6) is -0.187. The molecule has 0 bridgehead atoms. The van der Waals surface area contributed by atoms with Gasteiger partial charge in [-0.15, -0.1) is 12.4 Å². The minimum absolute atomic E-state index is 0. The van der Waals surface area contributed by atoms with Crippen molar-refractivity contribution in [3.8, 4) is 0 Å². The van der Waals surface area contributed by atoms with Crippen LogP contribution in [0.2, 0.25) is 0 Å². The Kier molecular flexibility index (Phi) is 7.03. The third-order valence-electron chi connectivity index (χ3n) is 3.77. The number of aryl methyl sites for hydroxylation is 2. The first-order valence-corrected chi connectivity index (χ1v) is 7.14. The zero-order valence-corrected chi connectivity index (χ0v) is 13.2. The first-order valence-electron chi connectivity index (χ1n) is 7.14. The fourth-order valence-electron chi connectivity index (χ4n) is 2.66. The second kappa shape index (κ2) is 8.28. The molecule has 0 saturated carbocycles. The number of hydrogen-bond donors (Lipinski definition) is 0. The largest absolute Gasteiger partial charge is 0.461 e. The summed E-state index contributed by atoms with van der Waals surface area (Å²) in [6.07, 6.45) is 3.87. The van der Waals surface area contributed by atoms with Gasteiger partial charge in [-0.05, 0) is 50.9 Å². The summed E-state index contributed by atoms with van der Waals surface area (Å²) >= 11 is 0. The first kappa shape index (κ1) is 17.0. The molecule has 0 aliphatic carbocycles. The number of carbonyl (C=O) groups excluding carboxylic acids is 1. The van der Waals surface area contributed by atoms with E-state index in [1.165, 1.54) is 19.3 Å². The van der Waals surface area contributed by atoms with Crippen molar-refractivity contribution in [2.24, 2.45) is 0 Å². The van der Waals surface area contributed by atoms with Crippen molar-refractivity contribution in [2.45, 2.75) is 33.1 Å². The second-order valence-corrected chi connectivity index (χ2v) is 5.31. The third-order valence-corrected chi connectivity index (χ3v) is 3.77. The molecule has 0 unspecified atom stereocenters. The van der Waals surface area contributed by atoms with E-state index in [2.05, 4.69) is 4.90 Å². The highest BCUT2D eigenvalue weighted by atomic mass is 35.5. The maximum Gasteiger partial charge on any atom is 0.338 e. The van der Waals surface area contributed by atoms with E-state index in [-0.39, 0.29) is 18.4 Å². The maximum absolute atomic E-state index is 12.1. The van der Waals surface area contributed by atoms with Crippen LogP contribution in [-0.4, -0.2) is 37.1 Å². The smallest absolute Gasteiger partial charge is 0.338 e. The number of likely N-dealkylation sites (tertiary alicyclic amines) is 1. The highest BCUT2D eigenvalue weighted by Crippen LogP contribution is 2.14. The molecule has 1 heterocycles. The van der Waals surface area contributed by atoms with Crippen LogP contribution >= 0.6 is 12.4 Å². The molecule has 0 spiro atoms. The number of nitrogens with zero attached hydrogens (tertiary/aromatic N) is 1. The van der Waals surface area contributed by atoms with Gasteiger partial charge in [-0.25, -0.2) is 4.79 Å². The van der Waals surface area contributed by atoms with E-state index >= 15 is 0 Å². The number of ether oxygens (including phenoxy) is 1. The Morgan fingerprint density at radius 1 is 1.15 bits per heavy atom. The molecule has 0 N–H and O–H groups in total. The number of esters is 1. The van der Waals surface area contributed by atoms with E-state index in [0.29, 0.717) is 6.61 Å². The summed E-state index contributed by atoms with van der Waals surface area (Å²) in [5, 5.41) is 0. The van der Waals surface area contributed by atoms with Gasteiger partial charge in [0.1, 0.15) is 6.61 Å². The summed E-state index contributed by atoms with van der Waals surface area (Å²) in [6.45, 7) is 7.54. The third kappa shape index (κ3) is 4.50. The van der Waals surface area contributed by atoms with Gasteiger partial charge >= 0.3 is 5.97 Å². The van der Waals surface area contributed by atoms with Crippen LogP contribution in [0.15, 0.2) is 18.2 Å². The van der Waals surface area contributed by atoms with E-state index in [1.807, 2.05) is 32.0 Å². The fourth-order valence-corrected chi connectivity index (χ4v) is 2.66. The van der Waals surface area contributed by atoms with E-state index in [0.717, 1.165) is 36.3 Å². The normalized spacial score (nSPS) is 15.5. The molecule has 1 saturated heterocycles. The van der Waals surface area contributed by atoms with Crippen LogP contribution in [-0.2, 0) is 4.74 Å². The highest BCUT2D eigenvalue weighted by molar-refractivity contribution is 5.92. The molecular weight excluding hydrogens is 274 g/mol. The number of halogens is 1. The molecule has 0 aromatic heterocycles. The van der Waals surface area contributed by atoms with Gasteiger partial charge in [0.15, 0.2) is 0 Å². The molecule has 1 aliphatic rings. The SMILES string of the molecule is Cc1cccc(C)c1C(=O)OCCN1CCCCC1.Cl. The molecule has 0 atom stereocenters. The lowest BCUT2D eigenvalue weighted by atomic mass is 10.0. The number of rotatable bonds is 4. The molecule has 0 amide bonds. The predicted molar refractivity (Wildman–Crippen MR) is 83.7 cm³/mol. The van der Waals surface area contributed by atoms with Gasteiger partial charge in [-0.3, -0.25) is 4.90 Å². The average molecular weight is 298 g/mol. The predicted octanol–water partition coefficient (Wildman–Crippen LogP) is 3.37. The first-order chi connectivity index (χ1) is 9.18. The molecule has 1 fully saturated rings. The number of benzene rings is 1. The average Bonchev–Trinajstić information content (AvgIpc) is 2.40. The lowest BCUT2D eigenvalue weighted by molar-refractivity contribution is 0.0450. The van der Waals surface area contributed by atoms with Crippen LogP contribution in [0.4, 0.5) is 0 Å².